The molecule has 3 aliphatic rings. The lowest BCUT2D eigenvalue weighted by atomic mass is 9.99. The number of β-amino-alcohol motifs (C(OH)–C–C–N with tert-alkyl or cyclic N) is 1. The predicted molar refractivity (Wildman–Crippen MR) is 168 cm³/mol. The van der Waals surface area contributed by atoms with Gasteiger partial charge in [0, 0.05) is 31.6 Å². The minimum atomic E-state index is -0.562. The van der Waals surface area contributed by atoms with Gasteiger partial charge < -0.3 is 19.7 Å². The highest BCUT2D eigenvalue weighted by Crippen LogP contribution is 2.39. The van der Waals surface area contributed by atoms with Crippen molar-refractivity contribution in [3.05, 3.63) is 130 Å². The van der Waals surface area contributed by atoms with E-state index in [-0.39, 0.29) is 43.3 Å². The Morgan fingerprint density at radius 2 is 1.47 bits per heavy atom. The molecule has 0 radical (unpaired) electrons. The van der Waals surface area contributed by atoms with Crippen molar-refractivity contribution in [1.29, 1.82) is 0 Å². The van der Waals surface area contributed by atoms with Crippen LogP contribution in [-0.2, 0) is 22.6 Å². The van der Waals surface area contributed by atoms with Crippen LogP contribution >= 0.6 is 0 Å². The second-order valence-electron chi connectivity index (χ2n) is 12.1. The lowest BCUT2D eigenvalue weighted by Crippen LogP contribution is -2.38. The first kappa shape index (κ1) is 29.5. The lowest BCUT2D eigenvalue weighted by Gasteiger charge is -2.37. The van der Waals surface area contributed by atoms with Crippen LogP contribution in [0.2, 0.25) is 0 Å². The Bertz CT molecular complexity index is 1650. The molecular weight excluding hydrogens is 568 g/mol. The molecule has 0 bridgehead atoms. The Morgan fingerprint density at radius 3 is 2.13 bits per heavy atom. The molecule has 4 atom stereocenters. The topological polar surface area (TPSA) is 99.5 Å². The van der Waals surface area contributed by atoms with Crippen LogP contribution in [0.15, 0.2) is 97.1 Å². The van der Waals surface area contributed by atoms with E-state index in [0.717, 1.165) is 52.9 Å². The Morgan fingerprint density at radius 1 is 0.756 bits per heavy atom. The number of carbonyl (C=O) groups excluding carboxylic acids is 2. The predicted octanol–water partition coefficient (Wildman–Crippen LogP) is 5.25. The fourth-order valence-corrected chi connectivity index (χ4v) is 6.55. The number of nitrogens with zero attached hydrogens (tertiary/aromatic N) is 2. The molecule has 7 rings (SSSR count). The number of aliphatic hydroxyl groups is 2. The first-order valence-electron chi connectivity index (χ1n) is 15.5. The van der Waals surface area contributed by atoms with Gasteiger partial charge in [-0.05, 0) is 52.4 Å². The van der Waals surface area contributed by atoms with E-state index < -0.39 is 6.29 Å². The lowest BCUT2D eigenvalue weighted by molar-refractivity contribution is -0.252. The quantitative estimate of drug-likeness (QED) is 0.265. The van der Waals surface area contributed by atoms with E-state index in [1.165, 1.54) is 4.90 Å². The van der Waals surface area contributed by atoms with Crippen LogP contribution in [0, 0.1) is 0 Å². The summed E-state index contributed by atoms with van der Waals surface area (Å²) in [7, 11) is 0. The molecular formula is C37H36N2O6. The Hall–Kier alpha value is -4.18. The smallest absolute Gasteiger partial charge is 0.261 e. The van der Waals surface area contributed by atoms with Gasteiger partial charge in [-0.25, -0.2) is 0 Å². The molecule has 4 aromatic carbocycles. The molecule has 3 aliphatic heterocycles. The standard InChI is InChI=1S/C37H36N2O6/c40-23-24-8-10-27(11-9-24)34-19-31(22-38-17-16-30(41)21-38)44-37(45-34)28-14-12-26(13-15-28)29-5-3-4-25(18-29)20-39-35(42)32-6-1-2-7-33(32)36(39)43/h1-15,18,30-31,34,37,40-41H,16-17,19-23H2/t30-,31+,34-,37-/m0/s1. The number of carbonyl (C=O) groups is 2. The average Bonchev–Trinajstić information content (AvgIpc) is 3.60. The molecule has 2 N–H and O–H groups in total. The summed E-state index contributed by atoms with van der Waals surface area (Å²) in [6.45, 7) is 2.43. The fourth-order valence-electron chi connectivity index (χ4n) is 6.55. The first-order chi connectivity index (χ1) is 21.9. The highest BCUT2D eigenvalue weighted by molar-refractivity contribution is 6.21. The summed E-state index contributed by atoms with van der Waals surface area (Å²) in [5.41, 5.74) is 6.55. The van der Waals surface area contributed by atoms with Crippen LogP contribution in [-0.4, -0.2) is 63.7 Å². The number of imide groups is 1. The summed E-state index contributed by atoms with van der Waals surface area (Å²) in [5.74, 6) is -0.528. The SMILES string of the molecule is O=C1c2ccccc2C(=O)N1Cc1cccc(-c2ccc([C@H]3O[C@@H](CN4CC[C@H](O)C4)C[C@@H](c4ccc(CO)cc4)O3)cc2)c1. The number of fused-ring (bicyclic) bond motifs is 1. The maximum atomic E-state index is 12.9. The minimum Gasteiger partial charge on any atom is -0.392 e. The second kappa shape index (κ2) is 12.7. The van der Waals surface area contributed by atoms with Crippen molar-refractivity contribution in [3.8, 4) is 11.1 Å². The van der Waals surface area contributed by atoms with Gasteiger partial charge in [-0.1, -0.05) is 78.9 Å². The van der Waals surface area contributed by atoms with Crippen LogP contribution in [0.3, 0.4) is 0 Å². The van der Waals surface area contributed by atoms with Crippen molar-refractivity contribution >= 4 is 11.8 Å². The number of benzene rings is 4. The van der Waals surface area contributed by atoms with E-state index in [1.807, 2.05) is 72.8 Å². The molecule has 8 nitrogen and oxygen atoms in total. The van der Waals surface area contributed by atoms with Crippen molar-refractivity contribution < 1.29 is 29.3 Å². The van der Waals surface area contributed by atoms with Gasteiger partial charge in [0.1, 0.15) is 0 Å². The number of hydrogen-bond acceptors (Lipinski definition) is 7. The van der Waals surface area contributed by atoms with Gasteiger partial charge in [0.15, 0.2) is 6.29 Å². The van der Waals surface area contributed by atoms with E-state index in [4.69, 9.17) is 9.47 Å². The van der Waals surface area contributed by atoms with Gasteiger partial charge in [0.05, 0.1) is 42.6 Å². The summed E-state index contributed by atoms with van der Waals surface area (Å²) in [5, 5.41) is 19.5. The number of likely N-dealkylation sites (tertiary alicyclic amines) is 1. The maximum absolute atomic E-state index is 12.9. The summed E-state index contributed by atoms with van der Waals surface area (Å²) < 4.78 is 13.0. The fraction of sp³-hybridized carbons (Fsp3) is 0.297. The largest absolute Gasteiger partial charge is 0.392 e. The zero-order valence-electron chi connectivity index (χ0n) is 24.9. The number of rotatable bonds is 8. The minimum absolute atomic E-state index is 0.00449. The second-order valence-corrected chi connectivity index (χ2v) is 12.1. The number of aliphatic hydroxyl groups excluding tert-OH is 2. The molecule has 0 aliphatic carbocycles. The molecule has 0 aromatic heterocycles. The van der Waals surface area contributed by atoms with E-state index in [2.05, 4.69) is 4.90 Å². The molecule has 2 saturated heterocycles. The highest BCUT2D eigenvalue weighted by Gasteiger charge is 2.36. The van der Waals surface area contributed by atoms with Crippen LogP contribution in [0.1, 0.15) is 68.2 Å². The number of ether oxygens (including phenoxy) is 2. The van der Waals surface area contributed by atoms with E-state index >= 15 is 0 Å². The van der Waals surface area contributed by atoms with Crippen LogP contribution in [0.4, 0.5) is 0 Å². The molecule has 45 heavy (non-hydrogen) atoms. The molecule has 3 heterocycles. The van der Waals surface area contributed by atoms with Crippen molar-refractivity contribution in [2.24, 2.45) is 0 Å². The first-order valence-corrected chi connectivity index (χ1v) is 15.5. The van der Waals surface area contributed by atoms with Gasteiger partial charge >= 0.3 is 0 Å². The van der Waals surface area contributed by atoms with E-state index in [1.54, 1.807) is 24.3 Å². The van der Waals surface area contributed by atoms with Crippen LogP contribution < -0.4 is 0 Å². The van der Waals surface area contributed by atoms with Crippen LogP contribution in [0.5, 0.6) is 0 Å². The van der Waals surface area contributed by atoms with Crippen LogP contribution in [0.25, 0.3) is 11.1 Å². The zero-order valence-corrected chi connectivity index (χ0v) is 24.9. The van der Waals surface area contributed by atoms with Gasteiger partial charge in [0.2, 0.25) is 0 Å². The number of hydrogen-bond donors (Lipinski definition) is 2. The Labute approximate surface area is 262 Å². The molecule has 230 valence electrons. The number of amides is 2. The summed E-state index contributed by atoms with van der Waals surface area (Å²) >= 11 is 0. The summed E-state index contributed by atoms with van der Waals surface area (Å²) in [6, 6.07) is 30.8. The molecule has 0 spiro atoms. The molecule has 2 amide bonds. The molecule has 8 heteroatoms. The third-order valence-electron chi connectivity index (χ3n) is 8.99. The van der Waals surface area contributed by atoms with E-state index in [9.17, 15) is 19.8 Å². The third kappa shape index (κ3) is 6.20. The Kier molecular flexibility index (Phi) is 8.31. The third-order valence-corrected chi connectivity index (χ3v) is 8.99. The Balaban J connectivity index is 1.08. The highest BCUT2D eigenvalue weighted by atomic mass is 16.7. The molecule has 4 aromatic rings. The van der Waals surface area contributed by atoms with Crippen molar-refractivity contribution in [1.82, 2.24) is 9.80 Å². The summed E-state index contributed by atoms with van der Waals surface area (Å²) in [6.07, 6.45) is 0.371. The van der Waals surface area contributed by atoms with Crippen molar-refractivity contribution in [2.75, 3.05) is 19.6 Å². The van der Waals surface area contributed by atoms with Crippen molar-refractivity contribution in [2.45, 2.75) is 50.6 Å². The zero-order chi connectivity index (χ0) is 30.9. The maximum Gasteiger partial charge on any atom is 0.261 e. The van der Waals surface area contributed by atoms with Gasteiger partial charge in [-0.2, -0.15) is 0 Å². The molecule has 2 fully saturated rings. The van der Waals surface area contributed by atoms with E-state index in [0.29, 0.717) is 24.1 Å². The molecule has 0 saturated carbocycles. The molecule has 0 unspecified atom stereocenters. The van der Waals surface area contributed by atoms with Gasteiger partial charge in [-0.3, -0.25) is 19.4 Å². The van der Waals surface area contributed by atoms with Gasteiger partial charge in [-0.15, -0.1) is 0 Å². The van der Waals surface area contributed by atoms with Crippen molar-refractivity contribution in [3.63, 3.8) is 0 Å². The average molecular weight is 605 g/mol. The monoisotopic (exact) mass is 604 g/mol. The van der Waals surface area contributed by atoms with Gasteiger partial charge in [0.25, 0.3) is 11.8 Å². The normalized spacial score (nSPS) is 23.5. The summed E-state index contributed by atoms with van der Waals surface area (Å²) in [4.78, 5) is 29.3.